The maximum atomic E-state index is 12.5. The number of benzene rings is 1. The van der Waals surface area contributed by atoms with Gasteiger partial charge in [0.1, 0.15) is 5.75 Å². The van der Waals surface area contributed by atoms with Crippen molar-refractivity contribution < 1.29 is 9.90 Å². The number of carbonyl (C=O) groups excluding carboxylic acids is 1. The molecular formula is C19H21N3O2. The van der Waals surface area contributed by atoms with Crippen molar-refractivity contribution in [3.05, 3.63) is 66.2 Å². The molecule has 0 unspecified atom stereocenters. The first-order valence-corrected chi connectivity index (χ1v) is 7.91. The molecule has 124 valence electrons. The van der Waals surface area contributed by atoms with Crippen LogP contribution >= 0.6 is 0 Å². The third kappa shape index (κ3) is 3.56. The van der Waals surface area contributed by atoms with Crippen LogP contribution in [0, 0.1) is 5.41 Å². The highest BCUT2D eigenvalue weighted by atomic mass is 16.3. The average molecular weight is 323 g/mol. The number of imidazole rings is 1. The van der Waals surface area contributed by atoms with Crippen molar-refractivity contribution in [3.63, 3.8) is 0 Å². The summed E-state index contributed by atoms with van der Waals surface area (Å²) in [5, 5.41) is 12.4. The topological polar surface area (TPSA) is 66.6 Å². The number of amides is 1. The van der Waals surface area contributed by atoms with Gasteiger partial charge in [0, 0.05) is 18.2 Å². The molecule has 1 aromatic carbocycles. The molecule has 0 bridgehead atoms. The number of pyridine rings is 1. The fourth-order valence-electron chi connectivity index (χ4n) is 2.70. The van der Waals surface area contributed by atoms with Crippen LogP contribution in [0.4, 0.5) is 0 Å². The van der Waals surface area contributed by atoms with Gasteiger partial charge in [-0.15, -0.1) is 0 Å². The van der Waals surface area contributed by atoms with Crippen molar-refractivity contribution in [2.45, 2.75) is 26.8 Å². The minimum Gasteiger partial charge on any atom is -0.508 e. The Bertz CT molecular complexity index is 850. The predicted octanol–water partition coefficient (Wildman–Crippen LogP) is 2.93. The van der Waals surface area contributed by atoms with Crippen LogP contribution in [0.2, 0.25) is 0 Å². The zero-order chi connectivity index (χ0) is 17.2. The second-order valence-corrected chi connectivity index (χ2v) is 6.67. The Kier molecular flexibility index (Phi) is 4.25. The number of rotatable bonds is 5. The highest BCUT2D eigenvalue weighted by Gasteiger charge is 2.27. The Morgan fingerprint density at radius 3 is 2.62 bits per heavy atom. The lowest BCUT2D eigenvalue weighted by Crippen LogP contribution is -2.38. The zero-order valence-corrected chi connectivity index (χ0v) is 13.9. The molecule has 0 saturated heterocycles. The van der Waals surface area contributed by atoms with E-state index in [9.17, 15) is 9.90 Å². The molecule has 3 rings (SSSR count). The van der Waals surface area contributed by atoms with Gasteiger partial charge in [0.15, 0.2) is 0 Å². The molecule has 2 N–H and O–H groups in total. The number of hydrogen-bond donors (Lipinski definition) is 2. The largest absolute Gasteiger partial charge is 0.508 e. The van der Waals surface area contributed by atoms with Crippen molar-refractivity contribution in [2.24, 2.45) is 5.41 Å². The van der Waals surface area contributed by atoms with Crippen LogP contribution in [0.5, 0.6) is 5.75 Å². The Morgan fingerprint density at radius 1 is 1.17 bits per heavy atom. The van der Waals surface area contributed by atoms with Crippen LogP contribution in [0.1, 0.15) is 25.0 Å². The Hall–Kier alpha value is -2.82. The first kappa shape index (κ1) is 16.1. The molecule has 0 aliphatic rings. The summed E-state index contributed by atoms with van der Waals surface area (Å²) < 4.78 is 1.93. The number of aromatic nitrogens is 2. The summed E-state index contributed by atoms with van der Waals surface area (Å²) in [5.74, 6) is 0.234. The maximum absolute atomic E-state index is 12.5. The fraction of sp³-hybridized carbons (Fsp3) is 0.263. The normalized spacial score (nSPS) is 11.6. The highest BCUT2D eigenvalue weighted by molar-refractivity contribution is 5.82. The van der Waals surface area contributed by atoms with Crippen LogP contribution < -0.4 is 5.32 Å². The number of carbonyl (C=O) groups is 1. The van der Waals surface area contributed by atoms with E-state index >= 15 is 0 Å². The molecule has 2 heterocycles. The van der Waals surface area contributed by atoms with E-state index in [-0.39, 0.29) is 11.7 Å². The first-order chi connectivity index (χ1) is 11.4. The highest BCUT2D eigenvalue weighted by Crippen LogP contribution is 2.23. The van der Waals surface area contributed by atoms with Crippen LogP contribution in [0.3, 0.4) is 0 Å². The molecule has 2 aromatic heterocycles. The van der Waals surface area contributed by atoms with Gasteiger partial charge in [-0.3, -0.25) is 4.79 Å². The SMILES string of the molecule is CC(C)(Cc1ccc(O)cc1)C(=O)NCc1ccc2cncn2c1. The van der Waals surface area contributed by atoms with E-state index in [1.165, 1.54) is 0 Å². The van der Waals surface area contributed by atoms with Gasteiger partial charge >= 0.3 is 0 Å². The second-order valence-electron chi connectivity index (χ2n) is 6.67. The van der Waals surface area contributed by atoms with Crippen molar-refractivity contribution in [2.75, 3.05) is 0 Å². The molecule has 0 aliphatic heterocycles. The van der Waals surface area contributed by atoms with Crippen molar-refractivity contribution in [3.8, 4) is 5.75 Å². The quantitative estimate of drug-likeness (QED) is 0.758. The molecular weight excluding hydrogens is 302 g/mol. The van der Waals surface area contributed by atoms with Gasteiger partial charge in [0.05, 0.1) is 18.0 Å². The van der Waals surface area contributed by atoms with Crippen molar-refractivity contribution >= 4 is 11.4 Å². The molecule has 0 radical (unpaired) electrons. The van der Waals surface area contributed by atoms with Gasteiger partial charge in [0.25, 0.3) is 0 Å². The lowest BCUT2D eigenvalue weighted by Gasteiger charge is -2.24. The summed E-state index contributed by atoms with van der Waals surface area (Å²) in [6, 6.07) is 10.9. The molecule has 1 amide bonds. The third-order valence-electron chi connectivity index (χ3n) is 4.12. The molecule has 5 heteroatoms. The smallest absolute Gasteiger partial charge is 0.226 e. The van der Waals surface area contributed by atoms with Crippen molar-refractivity contribution in [1.29, 1.82) is 0 Å². The molecule has 0 fully saturated rings. The summed E-state index contributed by atoms with van der Waals surface area (Å²) in [7, 11) is 0. The Balaban J connectivity index is 1.63. The molecule has 0 saturated carbocycles. The number of nitrogens with one attached hydrogen (secondary N) is 1. The first-order valence-electron chi connectivity index (χ1n) is 7.91. The van der Waals surface area contributed by atoms with Gasteiger partial charge in [-0.2, -0.15) is 0 Å². The van der Waals surface area contributed by atoms with E-state index < -0.39 is 5.41 Å². The Morgan fingerprint density at radius 2 is 1.88 bits per heavy atom. The fourth-order valence-corrected chi connectivity index (χ4v) is 2.70. The maximum Gasteiger partial charge on any atom is 0.226 e. The molecule has 0 spiro atoms. The molecule has 24 heavy (non-hydrogen) atoms. The van der Waals surface area contributed by atoms with E-state index in [1.807, 2.05) is 48.7 Å². The lowest BCUT2D eigenvalue weighted by atomic mass is 9.84. The van der Waals surface area contributed by atoms with Gasteiger partial charge < -0.3 is 14.8 Å². The number of phenols is 1. The van der Waals surface area contributed by atoms with Crippen LogP contribution in [-0.2, 0) is 17.8 Å². The lowest BCUT2D eigenvalue weighted by molar-refractivity contribution is -0.129. The minimum atomic E-state index is -0.532. The number of nitrogens with zero attached hydrogens (tertiary/aromatic N) is 2. The van der Waals surface area contributed by atoms with E-state index in [0.717, 1.165) is 16.6 Å². The average Bonchev–Trinajstić information content (AvgIpc) is 3.02. The molecule has 0 aliphatic carbocycles. The number of fused-ring (bicyclic) bond motifs is 1. The number of aromatic hydroxyl groups is 1. The molecule has 5 nitrogen and oxygen atoms in total. The number of phenolic OH excluding ortho intramolecular Hbond substituents is 1. The molecule has 0 atom stereocenters. The summed E-state index contributed by atoms with van der Waals surface area (Å²) in [4.78, 5) is 16.6. The van der Waals surface area contributed by atoms with Crippen LogP contribution in [0.15, 0.2) is 55.1 Å². The molecule has 3 aromatic rings. The standard InChI is InChI=1S/C19H21N3O2/c1-19(2,9-14-4-7-17(23)8-5-14)18(24)21-10-15-3-6-16-11-20-13-22(16)12-15/h3-8,11-13,23H,9-10H2,1-2H3,(H,21,24). The minimum absolute atomic E-state index is 0.00121. The van der Waals surface area contributed by atoms with Gasteiger partial charge in [-0.25, -0.2) is 4.98 Å². The summed E-state index contributed by atoms with van der Waals surface area (Å²) >= 11 is 0. The number of hydrogen-bond acceptors (Lipinski definition) is 3. The summed E-state index contributed by atoms with van der Waals surface area (Å²) in [6.07, 6.45) is 6.12. The summed E-state index contributed by atoms with van der Waals surface area (Å²) in [5.41, 5.74) is 2.54. The zero-order valence-electron chi connectivity index (χ0n) is 13.9. The summed E-state index contributed by atoms with van der Waals surface area (Å²) in [6.45, 7) is 4.33. The second kappa shape index (κ2) is 6.35. The van der Waals surface area contributed by atoms with Gasteiger partial charge in [-0.05, 0) is 35.7 Å². The monoisotopic (exact) mass is 323 g/mol. The van der Waals surface area contributed by atoms with Gasteiger partial charge in [-0.1, -0.05) is 32.0 Å². The van der Waals surface area contributed by atoms with Gasteiger partial charge in [0.2, 0.25) is 5.91 Å². The van der Waals surface area contributed by atoms with E-state index in [0.29, 0.717) is 13.0 Å². The van der Waals surface area contributed by atoms with Crippen molar-refractivity contribution in [1.82, 2.24) is 14.7 Å². The van der Waals surface area contributed by atoms with E-state index in [1.54, 1.807) is 24.7 Å². The van der Waals surface area contributed by atoms with E-state index in [4.69, 9.17) is 0 Å². The third-order valence-corrected chi connectivity index (χ3v) is 4.12. The van der Waals surface area contributed by atoms with Crippen LogP contribution in [0.25, 0.3) is 5.52 Å². The van der Waals surface area contributed by atoms with Crippen LogP contribution in [-0.4, -0.2) is 20.4 Å². The van der Waals surface area contributed by atoms with E-state index in [2.05, 4.69) is 10.3 Å². The predicted molar refractivity (Wildman–Crippen MR) is 92.6 cm³/mol. The Labute approximate surface area is 141 Å².